The quantitative estimate of drug-likeness (QED) is 0.720. The van der Waals surface area contributed by atoms with Gasteiger partial charge in [0.05, 0.1) is 6.42 Å². The molecule has 1 N–H and O–H groups in total. The third-order valence-electron chi connectivity index (χ3n) is 5.65. The van der Waals surface area contributed by atoms with Gasteiger partial charge in [-0.1, -0.05) is 30.7 Å². The minimum Gasteiger partial charge on any atom is -0.462 e. The molecule has 3 rings (SSSR count). The van der Waals surface area contributed by atoms with Crippen molar-refractivity contribution >= 4 is 18.0 Å². The van der Waals surface area contributed by atoms with E-state index in [1.54, 1.807) is 25.7 Å². The SMILES string of the molecule is CC(C)(C)OC(=O)N[C@@H](CC(=O)OC1CCCCC1)C(=O)N1CCc2ccccc2C1. The van der Waals surface area contributed by atoms with E-state index in [4.69, 9.17) is 9.47 Å². The number of carbonyl (C=O) groups is 3. The summed E-state index contributed by atoms with van der Waals surface area (Å²) >= 11 is 0. The highest BCUT2D eigenvalue weighted by atomic mass is 16.6. The third-order valence-corrected chi connectivity index (χ3v) is 5.65. The third kappa shape index (κ3) is 6.97. The maximum atomic E-state index is 13.3. The maximum Gasteiger partial charge on any atom is 0.408 e. The lowest BCUT2D eigenvalue weighted by Crippen LogP contribution is -2.51. The number of fused-ring (bicyclic) bond motifs is 1. The molecule has 0 radical (unpaired) electrons. The van der Waals surface area contributed by atoms with Gasteiger partial charge in [-0.25, -0.2) is 4.79 Å². The Morgan fingerprint density at radius 3 is 2.45 bits per heavy atom. The highest BCUT2D eigenvalue weighted by Gasteiger charge is 2.32. The van der Waals surface area contributed by atoms with E-state index in [1.807, 2.05) is 18.2 Å². The van der Waals surface area contributed by atoms with Crippen LogP contribution in [0.2, 0.25) is 0 Å². The molecule has 1 fully saturated rings. The Kier molecular flexibility index (Phi) is 7.57. The summed E-state index contributed by atoms with van der Waals surface area (Å²) in [6, 6.07) is 6.99. The fourth-order valence-electron chi connectivity index (χ4n) is 4.14. The average Bonchev–Trinajstić information content (AvgIpc) is 2.71. The Hall–Kier alpha value is -2.57. The van der Waals surface area contributed by atoms with Crippen LogP contribution < -0.4 is 5.32 Å². The number of esters is 1. The van der Waals surface area contributed by atoms with Gasteiger partial charge in [0.2, 0.25) is 5.91 Å². The molecule has 1 heterocycles. The first-order chi connectivity index (χ1) is 14.7. The Labute approximate surface area is 184 Å². The van der Waals surface area contributed by atoms with Crippen molar-refractivity contribution in [1.29, 1.82) is 0 Å². The Bertz CT molecular complexity index is 795. The summed E-state index contributed by atoms with van der Waals surface area (Å²) in [5.74, 6) is -0.750. The zero-order chi connectivity index (χ0) is 22.4. The van der Waals surface area contributed by atoms with Crippen LogP contribution in [0.15, 0.2) is 24.3 Å². The van der Waals surface area contributed by atoms with Gasteiger partial charge in [0.1, 0.15) is 17.7 Å². The lowest BCUT2D eigenvalue weighted by Gasteiger charge is -2.32. The molecule has 0 bridgehead atoms. The molecule has 0 aromatic heterocycles. The van der Waals surface area contributed by atoms with Crippen molar-refractivity contribution in [3.8, 4) is 0 Å². The van der Waals surface area contributed by atoms with E-state index in [2.05, 4.69) is 11.4 Å². The van der Waals surface area contributed by atoms with E-state index in [9.17, 15) is 14.4 Å². The highest BCUT2D eigenvalue weighted by Crippen LogP contribution is 2.22. The Morgan fingerprint density at radius 2 is 1.77 bits per heavy atom. The average molecular weight is 431 g/mol. The molecule has 0 spiro atoms. The summed E-state index contributed by atoms with van der Waals surface area (Å²) in [5, 5.41) is 2.61. The number of rotatable bonds is 5. The minimum absolute atomic E-state index is 0.0969. The molecule has 2 aliphatic rings. The zero-order valence-electron chi connectivity index (χ0n) is 18.8. The maximum absolute atomic E-state index is 13.3. The number of ether oxygens (including phenoxy) is 2. The second kappa shape index (κ2) is 10.2. The molecule has 7 nitrogen and oxygen atoms in total. The topological polar surface area (TPSA) is 84.9 Å². The van der Waals surface area contributed by atoms with Gasteiger partial charge in [-0.15, -0.1) is 0 Å². The van der Waals surface area contributed by atoms with Crippen LogP contribution in [0, 0.1) is 0 Å². The number of alkyl carbamates (subject to hydrolysis) is 1. The molecule has 31 heavy (non-hydrogen) atoms. The molecule has 1 aromatic rings. The molecule has 0 saturated heterocycles. The number of nitrogens with zero attached hydrogens (tertiary/aromatic N) is 1. The zero-order valence-corrected chi connectivity index (χ0v) is 18.8. The number of hydrogen-bond acceptors (Lipinski definition) is 5. The van der Waals surface area contributed by atoms with Crippen LogP contribution in [0.25, 0.3) is 0 Å². The molecule has 1 aliphatic carbocycles. The summed E-state index contributed by atoms with van der Waals surface area (Å²) < 4.78 is 10.9. The highest BCUT2D eigenvalue weighted by molar-refractivity contribution is 5.89. The van der Waals surface area contributed by atoms with Crippen molar-refractivity contribution in [3.05, 3.63) is 35.4 Å². The molecular formula is C24H34N2O5. The van der Waals surface area contributed by atoms with Crippen molar-refractivity contribution < 1.29 is 23.9 Å². The first-order valence-corrected chi connectivity index (χ1v) is 11.3. The van der Waals surface area contributed by atoms with E-state index in [0.29, 0.717) is 13.1 Å². The van der Waals surface area contributed by atoms with Gasteiger partial charge in [0.15, 0.2) is 0 Å². The van der Waals surface area contributed by atoms with E-state index in [1.165, 1.54) is 5.56 Å². The van der Waals surface area contributed by atoms with Gasteiger partial charge in [-0.05, 0) is 64.0 Å². The first-order valence-electron chi connectivity index (χ1n) is 11.3. The van der Waals surface area contributed by atoms with Gasteiger partial charge >= 0.3 is 12.1 Å². The van der Waals surface area contributed by atoms with Gasteiger partial charge in [-0.2, -0.15) is 0 Å². The number of benzene rings is 1. The van der Waals surface area contributed by atoms with Crippen molar-refractivity contribution in [2.24, 2.45) is 0 Å². The number of amides is 2. The van der Waals surface area contributed by atoms with E-state index in [-0.39, 0.29) is 18.4 Å². The van der Waals surface area contributed by atoms with Crippen LogP contribution in [0.4, 0.5) is 4.79 Å². The van der Waals surface area contributed by atoms with Crippen LogP contribution in [0.5, 0.6) is 0 Å². The smallest absolute Gasteiger partial charge is 0.408 e. The lowest BCUT2D eigenvalue weighted by molar-refractivity contribution is -0.153. The summed E-state index contributed by atoms with van der Waals surface area (Å²) in [6.45, 7) is 6.26. The van der Waals surface area contributed by atoms with E-state index < -0.39 is 23.7 Å². The summed E-state index contributed by atoms with van der Waals surface area (Å²) in [4.78, 5) is 39.9. The molecule has 7 heteroatoms. The summed E-state index contributed by atoms with van der Waals surface area (Å²) in [5.41, 5.74) is 1.60. The predicted octanol–water partition coefficient (Wildman–Crippen LogP) is 3.73. The molecule has 1 aromatic carbocycles. The van der Waals surface area contributed by atoms with Crippen LogP contribution in [0.1, 0.15) is 70.4 Å². The molecule has 0 unspecified atom stereocenters. The van der Waals surface area contributed by atoms with E-state index >= 15 is 0 Å². The molecular weight excluding hydrogens is 396 g/mol. The second-order valence-corrected chi connectivity index (χ2v) is 9.43. The van der Waals surface area contributed by atoms with Gasteiger partial charge in [-0.3, -0.25) is 9.59 Å². The summed E-state index contributed by atoms with van der Waals surface area (Å²) in [6.07, 6.45) is 4.69. The minimum atomic E-state index is -1.02. The molecule has 1 saturated carbocycles. The number of carbonyl (C=O) groups excluding carboxylic acids is 3. The Morgan fingerprint density at radius 1 is 1.10 bits per heavy atom. The van der Waals surface area contributed by atoms with E-state index in [0.717, 1.165) is 44.1 Å². The van der Waals surface area contributed by atoms with Crippen molar-refractivity contribution in [2.45, 2.75) is 90.0 Å². The molecule has 2 amide bonds. The summed E-state index contributed by atoms with van der Waals surface area (Å²) in [7, 11) is 0. The Balaban J connectivity index is 1.67. The first kappa shape index (κ1) is 23.1. The van der Waals surface area contributed by atoms with Gasteiger partial charge < -0.3 is 19.7 Å². The van der Waals surface area contributed by atoms with Crippen molar-refractivity contribution in [2.75, 3.05) is 6.54 Å². The number of hydrogen-bond donors (Lipinski definition) is 1. The molecule has 170 valence electrons. The molecule has 1 aliphatic heterocycles. The largest absolute Gasteiger partial charge is 0.462 e. The molecule has 1 atom stereocenters. The van der Waals surface area contributed by atoms with Crippen LogP contribution in [-0.4, -0.2) is 47.2 Å². The normalized spacial score (nSPS) is 18.0. The fourth-order valence-corrected chi connectivity index (χ4v) is 4.14. The second-order valence-electron chi connectivity index (χ2n) is 9.43. The van der Waals surface area contributed by atoms with Crippen LogP contribution in [0.3, 0.4) is 0 Å². The van der Waals surface area contributed by atoms with Gasteiger partial charge in [0, 0.05) is 13.1 Å². The van der Waals surface area contributed by atoms with Crippen LogP contribution in [-0.2, 0) is 32.0 Å². The number of nitrogens with one attached hydrogen (secondary N) is 1. The van der Waals surface area contributed by atoms with Crippen LogP contribution >= 0.6 is 0 Å². The predicted molar refractivity (Wildman–Crippen MR) is 116 cm³/mol. The lowest BCUT2D eigenvalue weighted by atomic mass is 9.97. The van der Waals surface area contributed by atoms with Crippen molar-refractivity contribution in [1.82, 2.24) is 10.2 Å². The fraction of sp³-hybridized carbons (Fsp3) is 0.625. The monoisotopic (exact) mass is 430 g/mol. The van der Waals surface area contributed by atoms with Crippen molar-refractivity contribution in [3.63, 3.8) is 0 Å². The van der Waals surface area contributed by atoms with Gasteiger partial charge in [0.25, 0.3) is 0 Å². The standard InChI is InChI=1S/C24H34N2O5/c1-24(2,3)31-23(29)25-20(15-21(27)30-19-11-5-4-6-12-19)22(28)26-14-13-17-9-7-8-10-18(17)16-26/h7-10,19-20H,4-6,11-16H2,1-3H3,(H,25,29)/t20-/m0/s1.